The molecule has 0 spiro atoms. The van der Waals surface area contributed by atoms with Crippen LogP contribution >= 0.6 is 17.0 Å². The molecule has 2 aromatic rings. The van der Waals surface area contributed by atoms with Crippen molar-refractivity contribution in [3.8, 4) is 11.1 Å². The predicted octanol–water partition coefficient (Wildman–Crippen LogP) is 5.85. The van der Waals surface area contributed by atoms with Gasteiger partial charge in [-0.05, 0) is 45.7 Å². The van der Waals surface area contributed by atoms with Crippen LogP contribution in [0.25, 0.3) is 17.2 Å². The van der Waals surface area contributed by atoms with Crippen molar-refractivity contribution in [1.29, 1.82) is 0 Å². The molecular formula is C20H24Cl2SiZr. The van der Waals surface area contributed by atoms with Gasteiger partial charge >= 0.3 is 37.9 Å². The van der Waals surface area contributed by atoms with Gasteiger partial charge in [-0.3, -0.25) is 0 Å². The molecule has 0 saturated carbocycles. The summed E-state index contributed by atoms with van der Waals surface area (Å²) >= 11 is -0.826. The second kappa shape index (κ2) is 8.49. The van der Waals surface area contributed by atoms with Gasteiger partial charge < -0.3 is 0 Å². The van der Waals surface area contributed by atoms with E-state index in [9.17, 15) is 0 Å². The Hall–Kier alpha value is -0.140. The molecule has 0 aliphatic heterocycles. The van der Waals surface area contributed by atoms with Crippen molar-refractivity contribution in [2.24, 2.45) is 0 Å². The molecule has 0 heterocycles. The number of rotatable bonds is 1. The average molecular weight is 455 g/mol. The molecule has 0 aromatic heterocycles. The Balaban J connectivity index is 0.000000647. The second-order valence-corrected chi connectivity index (χ2v) is 12.2. The van der Waals surface area contributed by atoms with Crippen LogP contribution in [0.3, 0.4) is 0 Å². The molecule has 1 aliphatic rings. The van der Waals surface area contributed by atoms with Crippen LogP contribution in [0.1, 0.15) is 49.9 Å². The molecule has 1 atom stereocenters. The first-order chi connectivity index (χ1) is 11.3. The van der Waals surface area contributed by atoms with Crippen molar-refractivity contribution < 1.29 is 20.8 Å². The molecule has 0 saturated heterocycles. The molecule has 126 valence electrons. The molecule has 24 heavy (non-hydrogen) atoms. The van der Waals surface area contributed by atoms with Gasteiger partial charge in [-0.2, -0.15) is 0 Å². The molecule has 3 rings (SSSR count). The van der Waals surface area contributed by atoms with Crippen LogP contribution in [0.4, 0.5) is 0 Å². The fourth-order valence-corrected chi connectivity index (χ4v) is 3.79. The van der Waals surface area contributed by atoms with Crippen LogP contribution in [0.15, 0.2) is 48.0 Å². The number of allylic oxidation sites excluding steroid dienone is 1. The molecule has 1 aliphatic carbocycles. The zero-order valence-corrected chi connectivity index (χ0v) is 20.9. The monoisotopic (exact) mass is 452 g/mol. The Morgan fingerprint density at radius 2 is 1.58 bits per heavy atom. The summed E-state index contributed by atoms with van der Waals surface area (Å²) in [6.07, 6.45) is 2.39. The van der Waals surface area contributed by atoms with Crippen LogP contribution < -0.4 is 0 Å². The van der Waals surface area contributed by atoms with Crippen LogP contribution in [-0.4, -0.2) is 10.2 Å². The van der Waals surface area contributed by atoms with Gasteiger partial charge in [0, 0.05) is 10.2 Å². The van der Waals surface area contributed by atoms with E-state index in [0.29, 0.717) is 5.54 Å². The maximum absolute atomic E-state index is 4.93. The Kier molecular flexibility index (Phi) is 7.14. The standard InChI is InChI=1S/C20H24Si.2ClH.Zr/c1-13-12-18-16(6-5-7-17(18)19(13)21)14-8-10-15(11-9-14)20(2,3)4;;;/h5-12,19H,1-4,21H3;2*1H;/q;;;+2/p-2. The summed E-state index contributed by atoms with van der Waals surface area (Å²) in [5, 5.41) is 0. The van der Waals surface area contributed by atoms with Crippen LogP contribution in [-0.2, 0) is 26.3 Å². The fraction of sp³-hybridized carbons (Fsp3) is 0.300. The Morgan fingerprint density at radius 3 is 2.12 bits per heavy atom. The van der Waals surface area contributed by atoms with Crippen molar-refractivity contribution in [3.63, 3.8) is 0 Å². The van der Waals surface area contributed by atoms with E-state index in [1.165, 1.54) is 43.6 Å². The van der Waals surface area contributed by atoms with E-state index in [2.05, 4.69) is 76.2 Å². The molecule has 2 aromatic carbocycles. The molecule has 0 fully saturated rings. The number of benzene rings is 2. The van der Waals surface area contributed by atoms with Gasteiger partial charge in [-0.25, -0.2) is 0 Å². The molecule has 4 heteroatoms. The van der Waals surface area contributed by atoms with E-state index in [1.807, 2.05) is 0 Å². The van der Waals surface area contributed by atoms with E-state index in [0.717, 1.165) is 0 Å². The predicted molar refractivity (Wildman–Crippen MR) is 109 cm³/mol. The van der Waals surface area contributed by atoms with Crippen molar-refractivity contribution >= 4 is 33.3 Å². The molecule has 0 radical (unpaired) electrons. The molecule has 0 N–H and O–H groups in total. The van der Waals surface area contributed by atoms with E-state index in [4.69, 9.17) is 17.0 Å². The number of hydrogen-bond acceptors (Lipinski definition) is 0. The number of fused-ring (bicyclic) bond motifs is 1. The maximum atomic E-state index is 4.93. The molecule has 0 nitrogen and oxygen atoms in total. The van der Waals surface area contributed by atoms with Gasteiger partial charge in [0.15, 0.2) is 0 Å². The van der Waals surface area contributed by atoms with Gasteiger partial charge in [-0.1, -0.05) is 74.9 Å². The topological polar surface area (TPSA) is 0 Å². The van der Waals surface area contributed by atoms with Crippen molar-refractivity contribution in [2.75, 3.05) is 0 Å². The van der Waals surface area contributed by atoms with Crippen LogP contribution in [0.2, 0.25) is 0 Å². The SMILES string of the molecule is CC1=Cc2c(-c3ccc(C(C)(C)C)cc3)cccc2C1[SiH3].[Cl][Zr][Cl]. The van der Waals surface area contributed by atoms with Gasteiger partial charge in [0.2, 0.25) is 0 Å². The van der Waals surface area contributed by atoms with Crippen molar-refractivity contribution in [1.82, 2.24) is 0 Å². The van der Waals surface area contributed by atoms with Crippen molar-refractivity contribution in [3.05, 3.63) is 64.7 Å². The first kappa shape index (κ1) is 20.2. The fourth-order valence-electron chi connectivity index (χ4n) is 3.12. The summed E-state index contributed by atoms with van der Waals surface area (Å²) in [4.78, 5) is 0. The van der Waals surface area contributed by atoms with E-state index in [-0.39, 0.29) is 5.41 Å². The first-order valence-electron chi connectivity index (χ1n) is 8.18. The third-order valence-corrected chi connectivity index (χ3v) is 6.26. The van der Waals surface area contributed by atoms with Crippen molar-refractivity contribution in [2.45, 2.75) is 38.7 Å². The van der Waals surface area contributed by atoms with Gasteiger partial charge in [-0.15, -0.1) is 0 Å². The summed E-state index contributed by atoms with van der Waals surface area (Å²) in [7, 11) is 11.1. The Bertz CT molecular complexity index is 730. The van der Waals surface area contributed by atoms with E-state index in [1.54, 1.807) is 0 Å². The Morgan fingerprint density at radius 1 is 1.00 bits per heavy atom. The quantitative estimate of drug-likeness (QED) is 0.474. The third-order valence-electron chi connectivity index (χ3n) is 4.72. The number of halogens is 2. The first-order valence-corrected chi connectivity index (χ1v) is 15.7. The van der Waals surface area contributed by atoms with Gasteiger partial charge in [0.1, 0.15) is 0 Å². The van der Waals surface area contributed by atoms with Gasteiger partial charge in [0.05, 0.1) is 0 Å². The summed E-state index contributed by atoms with van der Waals surface area (Å²) in [5.74, 6) is 0. The normalized spacial score (nSPS) is 16.1. The van der Waals surface area contributed by atoms with Crippen LogP contribution in [0.5, 0.6) is 0 Å². The summed E-state index contributed by atoms with van der Waals surface area (Å²) < 4.78 is 0. The van der Waals surface area contributed by atoms with Gasteiger partial charge in [0.25, 0.3) is 0 Å². The second-order valence-electron chi connectivity index (χ2n) is 7.32. The summed E-state index contributed by atoms with van der Waals surface area (Å²) in [6.45, 7) is 9.06. The minimum atomic E-state index is -0.826. The van der Waals surface area contributed by atoms with E-state index < -0.39 is 20.8 Å². The zero-order valence-electron chi connectivity index (χ0n) is 15.0. The molecule has 0 amide bonds. The van der Waals surface area contributed by atoms with Crippen LogP contribution in [0, 0.1) is 0 Å². The summed E-state index contributed by atoms with van der Waals surface area (Å²) in [5.41, 5.74) is 9.50. The molecule has 1 unspecified atom stereocenters. The zero-order chi connectivity index (χ0) is 17.9. The average Bonchev–Trinajstić information content (AvgIpc) is 2.82. The minimum absolute atomic E-state index is 0.216. The number of hydrogen-bond donors (Lipinski definition) is 0. The third kappa shape index (κ3) is 4.52. The Labute approximate surface area is 167 Å². The molecule has 0 bridgehead atoms. The molecular weight excluding hydrogens is 430 g/mol. The summed E-state index contributed by atoms with van der Waals surface area (Å²) in [6, 6.07) is 15.9. The van der Waals surface area contributed by atoms with E-state index >= 15 is 0 Å².